The Kier molecular flexibility index (Phi) is 7.16. The molecule has 2 aliphatic heterocycles. The fourth-order valence-corrected chi connectivity index (χ4v) is 4.29. The zero-order valence-electron chi connectivity index (χ0n) is 17.0. The molecule has 0 amide bonds. The second-order valence-corrected chi connectivity index (χ2v) is 8.27. The average Bonchev–Trinajstić information content (AvgIpc) is 3.10. The molecule has 3 rings (SSSR count). The minimum absolute atomic E-state index is 0.212. The highest BCUT2D eigenvalue weighted by Gasteiger charge is 2.34. The monoisotopic (exact) mass is 431 g/mol. The normalized spacial score (nSPS) is 21.7. The number of hydrogen-bond donors (Lipinski definition) is 1. The van der Waals surface area contributed by atoms with Gasteiger partial charge in [-0.2, -0.15) is 13.2 Å². The van der Waals surface area contributed by atoms with Gasteiger partial charge in [0.05, 0.1) is 6.54 Å². The molecule has 0 bridgehead atoms. The van der Waals surface area contributed by atoms with E-state index in [0.29, 0.717) is 19.6 Å². The van der Waals surface area contributed by atoms with Gasteiger partial charge in [-0.3, -0.25) is 9.89 Å². The molecule has 1 aromatic rings. The van der Waals surface area contributed by atoms with Crippen LogP contribution in [0.25, 0.3) is 0 Å². The molecule has 0 saturated carbocycles. The standard InChI is InChI=1S/C20H29ClF3N5/c1-15-3-4-17(21)11-18(15)28-7-9-29(10-8-28)19(25-2)26-12-16-5-6-27(13-16)14-20(22,23)24/h3-4,11,16H,5-10,12-14H2,1-2H3,(H,25,26). The molecule has 2 fully saturated rings. The molecule has 162 valence electrons. The van der Waals surface area contributed by atoms with Crippen LogP contribution < -0.4 is 10.2 Å². The quantitative estimate of drug-likeness (QED) is 0.586. The van der Waals surface area contributed by atoms with Crippen molar-refractivity contribution in [3.8, 4) is 0 Å². The summed E-state index contributed by atoms with van der Waals surface area (Å²) in [7, 11) is 1.75. The first kappa shape index (κ1) is 22.0. The first-order valence-corrected chi connectivity index (χ1v) is 10.4. The summed E-state index contributed by atoms with van der Waals surface area (Å²) in [5.41, 5.74) is 2.37. The maximum atomic E-state index is 12.6. The van der Waals surface area contributed by atoms with Crippen LogP contribution in [0.2, 0.25) is 5.02 Å². The van der Waals surface area contributed by atoms with Crippen LogP contribution >= 0.6 is 11.6 Å². The molecule has 1 atom stereocenters. The Morgan fingerprint density at radius 1 is 1.21 bits per heavy atom. The highest BCUT2D eigenvalue weighted by atomic mass is 35.5. The van der Waals surface area contributed by atoms with Gasteiger partial charge in [-0.1, -0.05) is 17.7 Å². The molecule has 0 aliphatic carbocycles. The Hall–Kier alpha value is -1.67. The number of nitrogens with zero attached hydrogens (tertiary/aromatic N) is 4. The molecule has 2 aliphatic rings. The number of rotatable bonds is 4. The second-order valence-electron chi connectivity index (χ2n) is 7.84. The number of likely N-dealkylation sites (tertiary alicyclic amines) is 1. The van der Waals surface area contributed by atoms with Crippen molar-refractivity contribution in [1.82, 2.24) is 15.1 Å². The molecule has 9 heteroatoms. The van der Waals surface area contributed by atoms with Gasteiger partial charge < -0.3 is 15.1 Å². The van der Waals surface area contributed by atoms with Crippen LogP contribution in [0.15, 0.2) is 23.2 Å². The maximum absolute atomic E-state index is 12.6. The van der Waals surface area contributed by atoms with Crippen LogP contribution in [-0.2, 0) is 0 Å². The molecular weight excluding hydrogens is 403 g/mol. The zero-order valence-corrected chi connectivity index (χ0v) is 17.7. The highest BCUT2D eigenvalue weighted by Crippen LogP contribution is 2.25. The fraction of sp³-hybridized carbons (Fsp3) is 0.650. The summed E-state index contributed by atoms with van der Waals surface area (Å²) in [5.74, 6) is 1.03. The van der Waals surface area contributed by atoms with Gasteiger partial charge >= 0.3 is 6.18 Å². The predicted molar refractivity (Wildman–Crippen MR) is 112 cm³/mol. The van der Waals surface area contributed by atoms with Crippen LogP contribution in [0.1, 0.15) is 12.0 Å². The Bertz CT molecular complexity index is 717. The number of guanidine groups is 1. The number of alkyl halides is 3. The van der Waals surface area contributed by atoms with E-state index in [1.807, 2.05) is 18.2 Å². The van der Waals surface area contributed by atoms with Crippen molar-refractivity contribution in [3.05, 3.63) is 28.8 Å². The largest absolute Gasteiger partial charge is 0.401 e. The Morgan fingerprint density at radius 3 is 2.59 bits per heavy atom. The summed E-state index contributed by atoms with van der Waals surface area (Å²) < 4.78 is 37.7. The van der Waals surface area contributed by atoms with Crippen molar-refractivity contribution in [2.45, 2.75) is 19.5 Å². The van der Waals surface area contributed by atoms with Gasteiger partial charge in [-0.25, -0.2) is 0 Å². The van der Waals surface area contributed by atoms with E-state index in [1.165, 1.54) is 10.5 Å². The van der Waals surface area contributed by atoms with Gasteiger partial charge in [0, 0.05) is 57.0 Å². The van der Waals surface area contributed by atoms with Gasteiger partial charge in [-0.15, -0.1) is 0 Å². The average molecular weight is 432 g/mol. The van der Waals surface area contributed by atoms with Crippen LogP contribution in [-0.4, -0.2) is 81.3 Å². The van der Waals surface area contributed by atoms with E-state index in [1.54, 1.807) is 7.05 Å². The van der Waals surface area contributed by atoms with Crippen LogP contribution in [0.4, 0.5) is 18.9 Å². The molecule has 0 radical (unpaired) electrons. The minimum atomic E-state index is -4.13. The summed E-state index contributed by atoms with van der Waals surface area (Å²) in [4.78, 5) is 10.4. The zero-order chi connectivity index (χ0) is 21.0. The summed E-state index contributed by atoms with van der Waals surface area (Å²) in [6.07, 6.45) is -3.35. The molecule has 1 unspecified atom stereocenters. The van der Waals surface area contributed by atoms with E-state index in [4.69, 9.17) is 11.6 Å². The number of hydrogen-bond acceptors (Lipinski definition) is 3. The number of aliphatic imine (C=N–C) groups is 1. The van der Waals surface area contributed by atoms with Crippen LogP contribution in [0, 0.1) is 12.8 Å². The SMILES string of the molecule is CN=C(NCC1CCN(CC(F)(F)F)C1)N1CCN(c2cc(Cl)ccc2C)CC1. The molecule has 1 aromatic carbocycles. The van der Waals surface area contributed by atoms with E-state index >= 15 is 0 Å². The lowest BCUT2D eigenvalue weighted by atomic mass is 10.1. The molecule has 0 aromatic heterocycles. The number of halogens is 4. The van der Waals surface area contributed by atoms with E-state index < -0.39 is 12.7 Å². The number of piperazine rings is 1. The van der Waals surface area contributed by atoms with Crippen molar-refractivity contribution in [1.29, 1.82) is 0 Å². The molecule has 2 saturated heterocycles. The van der Waals surface area contributed by atoms with Crippen molar-refractivity contribution >= 4 is 23.2 Å². The molecule has 1 N–H and O–H groups in total. The molecule has 0 spiro atoms. The molecule has 29 heavy (non-hydrogen) atoms. The maximum Gasteiger partial charge on any atom is 0.401 e. The summed E-state index contributed by atoms with van der Waals surface area (Å²) in [6, 6.07) is 5.95. The lowest BCUT2D eigenvalue weighted by Crippen LogP contribution is -2.53. The second kappa shape index (κ2) is 9.43. The number of benzene rings is 1. The number of nitrogens with one attached hydrogen (secondary N) is 1. The molecule has 2 heterocycles. The van der Waals surface area contributed by atoms with E-state index in [2.05, 4.69) is 27.0 Å². The third-order valence-electron chi connectivity index (χ3n) is 5.62. The summed E-state index contributed by atoms with van der Waals surface area (Å²) in [5, 5.41) is 4.11. The lowest BCUT2D eigenvalue weighted by molar-refractivity contribution is -0.143. The first-order valence-electron chi connectivity index (χ1n) is 10.0. The van der Waals surface area contributed by atoms with E-state index in [9.17, 15) is 13.2 Å². The molecular formula is C20H29ClF3N5. The van der Waals surface area contributed by atoms with Gasteiger partial charge in [-0.05, 0) is 43.5 Å². The fourth-order valence-electron chi connectivity index (χ4n) is 4.13. The topological polar surface area (TPSA) is 34.1 Å². The van der Waals surface area contributed by atoms with Gasteiger partial charge in [0.25, 0.3) is 0 Å². The molecule has 5 nitrogen and oxygen atoms in total. The Balaban J connectivity index is 1.47. The minimum Gasteiger partial charge on any atom is -0.368 e. The predicted octanol–water partition coefficient (Wildman–Crippen LogP) is 3.23. The van der Waals surface area contributed by atoms with Crippen molar-refractivity contribution < 1.29 is 13.2 Å². The van der Waals surface area contributed by atoms with Crippen molar-refractivity contribution in [2.24, 2.45) is 10.9 Å². The Morgan fingerprint density at radius 2 is 1.93 bits per heavy atom. The van der Waals surface area contributed by atoms with Gasteiger partial charge in [0.2, 0.25) is 0 Å². The lowest BCUT2D eigenvalue weighted by Gasteiger charge is -2.38. The number of anilines is 1. The Labute approximate surface area is 175 Å². The number of aryl methyl sites for hydroxylation is 1. The van der Waals surface area contributed by atoms with E-state index in [-0.39, 0.29) is 5.92 Å². The third kappa shape index (κ3) is 6.15. The third-order valence-corrected chi connectivity index (χ3v) is 5.86. The summed E-state index contributed by atoms with van der Waals surface area (Å²) in [6.45, 7) is 6.29. The van der Waals surface area contributed by atoms with Crippen LogP contribution in [0.5, 0.6) is 0 Å². The van der Waals surface area contributed by atoms with Crippen LogP contribution in [0.3, 0.4) is 0 Å². The highest BCUT2D eigenvalue weighted by molar-refractivity contribution is 6.30. The van der Waals surface area contributed by atoms with Crippen molar-refractivity contribution in [3.63, 3.8) is 0 Å². The first-order chi connectivity index (χ1) is 13.7. The smallest absolute Gasteiger partial charge is 0.368 e. The van der Waals surface area contributed by atoms with Gasteiger partial charge in [0.1, 0.15) is 0 Å². The van der Waals surface area contributed by atoms with Crippen molar-refractivity contribution in [2.75, 3.05) is 64.3 Å². The van der Waals surface area contributed by atoms with Gasteiger partial charge in [0.15, 0.2) is 5.96 Å². The summed E-state index contributed by atoms with van der Waals surface area (Å²) >= 11 is 6.15. The van der Waals surface area contributed by atoms with E-state index in [0.717, 1.165) is 49.3 Å².